The number of hydrogen-bond acceptors (Lipinski definition) is 5. The first-order chi connectivity index (χ1) is 7.75. The molecule has 1 aliphatic heterocycles. The maximum Gasteiger partial charge on any atom is 0.142 e. The fourth-order valence-corrected chi connectivity index (χ4v) is 1.75. The quantitative estimate of drug-likeness (QED) is 0.746. The molecule has 1 atom stereocenters. The van der Waals surface area contributed by atoms with Crippen LogP contribution >= 0.6 is 0 Å². The van der Waals surface area contributed by atoms with E-state index < -0.39 is 0 Å². The van der Waals surface area contributed by atoms with E-state index in [9.17, 15) is 0 Å². The zero-order valence-electron chi connectivity index (χ0n) is 9.69. The summed E-state index contributed by atoms with van der Waals surface area (Å²) in [5.74, 6) is 0.881. The second-order valence-electron chi connectivity index (χ2n) is 4.25. The standard InChI is InChI=1S/C11H19N5/c1-9(12)10-6-14-11(15-7-10)8-16-4-2-13-3-5-16/h6-7,9,13H,2-5,8,12H2,1H3. The van der Waals surface area contributed by atoms with Gasteiger partial charge in [0.2, 0.25) is 0 Å². The predicted molar refractivity (Wildman–Crippen MR) is 62.8 cm³/mol. The molecule has 0 bridgehead atoms. The van der Waals surface area contributed by atoms with E-state index in [0.717, 1.165) is 44.1 Å². The van der Waals surface area contributed by atoms with Crippen molar-refractivity contribution in [3.05, 3.63) is 23.8 Å². The highest BCUT2D eigenvalue weighted by Gasteiger charge is 2.11. The number of nitrogens with one attached hydrogen (secondary N) is 1. The lowest BCUT2D eigenvalue weighted by molar-refractivity contribution is 0.228. The minimum atomic E-state index is 0.00763. The molecule has 2 rings (SSSR count). The van der Waals surface area contributed by atoms with Crippen LogP contribution < -0.4 is 11.1 Å². The van der Waals surface area contributed by atoms with E-state index in [1.165, 1.54) is 0 Å². The zero-order valence-corrected chi connectivity index (χ0v) is 9.69. The maximum atomic E-state index is 5.75. The zero-order chi connectivity index (χ0) is 11.4. The van der Waals surface area contributed by atoms with Crippen LogP contribution in [0.1, 0.15) is 24.4 Å². The van der Waals surface area contributed by atoms with Crippen LogP contribution in [0.3, 0.4) is 0 Å². The van der Waals surface area contributed by atoms with Crippen molar-refractivity contribution < 1.29 is 0 Å². The Hall–Kier alpha value is -1.04. The van der Waals surface area contributed by atoms with Crippen molar-refractivity contribution in [2.75, 3.05) is 26.2 Å². The largest absolute Gasteiger partial charge is 0.324 e. The average Bonchev–Trinajstić information content (AvgIpc) is 2.31. The minimum Gasteiger partial charge on any atom is -0.324 e. The molecule has 0 aromatic carbocycles. The van der Waals surface area contributed by atoms with Gasteiger partial charge >= 0.3 is 0 Å². The predicted octanol–water partition coefficient (Wildman–Crippen LogP) is -0.0985. The van der Waals surface area contributed by atoms with Crippen molar-refractivity contribution >= 4 is 0 Å². The van der Waals surface area contributed by atoms with Gasteiger partial charge in [0.15, 0.2) is 0 Å². The molecule has 3 N–H and O–H groups in total. The molecular weight excluding hydrogens is 202 g/mol. The molecule has 1 aromatic rings. The van der Waals surface area contributed by atoms with Crippen LogP contribution in [-0.4, -0.2) is 41.0 Å². The van der Waals surface area contributed by atoms with Crippen molar-refractivity contribution in [2.24, 2.45) is 5.73 Å². The second-order valence-corrected chi connectivity index (χ2v) is 4.25. The smallest absolute Gasteiger partial charge is 0.142 e. The van der Waals surface area contributed by atoms with E-state index in [1.807, 2.05) is 19.3 Å². The van der Waals surface area contributed by atoms with Crippen molar-refractivity contribution in [2.45, 2.75) is 19.5 Å². The van der Waals surface area contributed by atoms with E-state index in [-0.39, 0.29) is 6.04 Å². The van der Waals surface area contributed by atoms with Crippen LogP contribution in [0, 0.1) is 0 Å². The molecule has 1 aromatic heterocycles. The number of nitrogens with two attached hydrogens (primary N) is 1. The van der Waals surface area contributed by atoms with Crippen LogP contribution in [0.4, 0.5) is 0 Å². The third-order valence-electron chi connectivity index (χ3n) is 2.83. The summed E-state index contributed by atoms with van der Waals surface area (Å²) in [6, 6.07) is 0.00763. The first-order valence-electron chi connectivity index (χ1n) is 5.75. The normalized spacial score (nSPS) is 19.6. The molecule has 0 saturated carbocycles. The maximum absolute atomic E-state index is 5.75. The summed E-state index contributed by atoms with van der Waals surface area (Å²) in [4.78, 5) is 11.0. The lowest BCUT2D eigenvalue weighted by Gasteiger charge is -2.26. The average molecular weight is 221 g/mol. The Morgan fingerprint density at radius 1 is 1.38 bits per heavy atom. The molecule has 1 unspecified atom stereocenters. The highest BCUT2D eigenvalue weighted by molar-refractivity contribution is 5.09. The summed E-state index contributed by atoms with van der Waals surface area (Å²) in [6.45, 7) is 7.02. The van der Waals surface area contributed by atoms with Gasteiger partial charge in [-0.1, -0.05) is 0 Å². The number of piperazine rings is 1. The van der Waals surface area contributed by atoms with Gasteiger partial charge in [0.1, 0.15) is 5.82 Å². The van der Waals surface area contributed by atoms with E-state index in [1.54, 1.807) is 0 Å². The molecule has 0 radical (unpaired) electrons. The van der Waals surface area contributed by atoms with E-state index in [2.05, 4.69) is 20.2 Å². The Morgan fingerprint density at radius 2 is 2.00 bits per heavy atom. The highest BCUT2D eigenvalue weighted by atomic mass is 15.2. The van der Waals surface area contributed by atoms with Gasteiger partial charge in [0, 0.05) is 50.2 Å². The summed E-state index contributed by atoms with van der Waals surface area (Å²) >= 11 is 0. The van der Waals surface area contributed by atoms with Gasteiger partial charge in [-0.15, -0.1) is 0 Å². The van der Waals surface area contributed by atoms with Crippen molar-refractivity contribution in [1.29, 1.82) is 0 Å². The Bertz CT molecular complexity index is 316. The Kier molecular flexibility index (Phi) is 3.82. The number of nitrogens with zero attached hydrogens (tertiary/aromatic N) is 3. The summed E-state index contributed by atoms with van der Waals surface area (Å²) in [5, 5.41) is 3.33. The Balaban J connectivity index is 1.93. The first-order valence-corrected chi connectivity index (χ1v) is 5.75. The lowest BCUT2D eigenvalue weighted by Crippen LogP contribution is -2.43. The molecule has 0 aliphatic carbocycles. The van der Waals surface area contributed by atoms with E-state index in [0.29, 0.717) is 0 Å². The van der Waals surface area contributed by atoms with Crippen LogP contribution in [0.5, 0.6) is 0 Å². The molecule has 5 heteroatoms. The Morgan fingerprint density at radius 3 is 2.56 bits per heavy atom. The van der Waals surface area contributed by atoms with E-state index in [4.69, 9.17) is 5.73 Å². The van der Waals surface area contributed by atoms with Crippen LogP contribution in [-0.2, 0) is 6.54 Å². The van der Waals surface area contributed by atoms with Gasteiger partial charge in [-0.2, -0.15) is 0 Å². The van der Waals surface area contributed by atoms with Gasteiger partial charge in [-0.05, 0) is 6.92 Å². The summed E-state index contributed by atoms with van der Waals surface area (Å²) < 4.78 is 0. The molecule has 1 fully saturated rings. The Labute approximate surface area is 96.1 Å². The van der Waals surface area contributed by atoms with Crippen LogP contribution in [0.2, 0.25) is 0 Å². The molecular formula is C11H19N5. The summed E-state index contributed by atoms with van der Waals surface area (Å²) in [6.07, 6.45) is 3.66. The van der Waals surface area contributed by atoms with Gasteiger partial charge in [0.25, 0.3) is 0 Å². The number of rotatable bonds is 3. The minimum absolute atomic E-state index is 0.00763. The molecule has 0 spiro atoms. The number of aromatic nitrogens is 2. The molecule has 88 valence electrons. The molecule has 2 heterocycles. The topological polar surface area (TPSA) is 67.1 Å². The molecule has 16 heavy (non-hydrogen) atoms. The van der Waals surface area contributed by atoms with Crippen molar-refractivity contribution in [1.82, 2.24) is 20.2 Å². The van der Waals surface area contributed by atoms with Crippen molar-refractivity contribution in [3.63, 3.8) is 0 Å². The third-order valence-corrected chi connectivity index (χ3v) is 2.83. The first kappa shape index (κ1) is 11.4. The lowest BCUT2D eigenvalue weighted by atomic mass is 10.2. The fraction of sp³-hybridized carbons (Fsp3) is 0.636. The molecule has 1 aliphatic rings. The SMILES string of the molecule is CC(N)c1cnc(CN2CCNCC2)nc1. The van der Waals surface area contributed by atoms with E-state index >= 15 is 0 Å². The monoisotopic (exact) mass is 221 g/mol. The molecule has 1 saturated heterocycles. The van der Waals surface area contributed by atoms with Gasteiger partial charge in [-0.25, -0.2) is 9.97 Å². The van der Waals surface area contributed by atoms with Gasteiger partial charge in [0.05, 0.1) is 6.54 Å². The highest BCUT2D eigenvalue weighted by Crippen LogP contribution is 2.07. The van der Waals surface area contributed by atoms with Crippen LogP contribution in [0.15, 0.2) is 12.4 Å². The van der Waals surface area contributed by atoms with Crippen LogP contribution in [0.25, 0.3) is 0 Å². The third kappa shape index (κ3) is 2.98. The fourth-order valence-electron chi connectivity index (χ4n) is 1.75. The van der Waals surface area contributed by atoms with Gasteiger partial charge < -0.3 is 11.1 Å². The summed E-state index contributed by atoms with van der Waals surface area (Å²) in [5.41, 5.74) is 6.74. The second kappa shape index (κ2) is 5.34. The summed E-state index contributed by atoms with van der Waals surface area (Å²) in [7, 11) is 0. The number of hydrogen-bond donors (Lipinski definition) is 2. The molecule has 5 nitrogen and oxygen atoms in total. The molecule has 0 amide bonds. The van der Waals surface area contributed by atoms with Gasteiger partial charge in [-0.3, -0.25) is 4.90 Å². The van der Waals surface area contributed by atoms with Crippen molar-refractivity contribution in [3.8, 4) is 0 Å².